The third-order valence-corrected chi connectivity index (χ3v) is 1.94. The van der Waals surface area contributed by atoms with Gasteiger partial charge in [0.25, 0.3) is 0 Å². The molecular weight excluding hydrogens is 169 g/mol. The highest BCUT2D eigenvalue weighted by Gasteiger charge is 2.05. The smallest absolute Gasteiger partial charge is 0.173 e. The van der Waals surface area contributed by atoms with Crippen molar-refractivity contribution in [2.24, 2.45) is 0 Å². The summed E-state index contributed by atoms with van der Waals surface area (Å²) in [7, 11) is 0. The average Bonchev–Trinajstić information content (AvgIpc) is 2.47. The predicted octanol–water partition coefficient (Wildman–Crippen LogP) is 1.62. The van der Waals surface area contributed by atoms with Gasteiger partial charge in [0.05, 0.1) is 11.4 Å². The summed E-state index contributed by atoms with van der Waals surface area (Å²) in [6.07, 6.45) is 4.24. The lowest BCUT2D eigenvalue weighted by Crippen LogP contribution is -1.93. The molecule has 0 bridgehead atoms. The predicted molar refractivity (Wildman–Crippen MR) is 48.9 cm³/mol. The largest absolute Gasteiger partial charge is 0.397 e. The van der Waals surface area contributed by atoms with Crippen LogP contribution in [0.4, 0.5) is 10.1 Å². The van der Waals surface area contributed by atoms with E-state index in [1.54, 1.807) is 16.8 Å². The quantitative estimate of drug-likeness (QED) is 0.722. The molecular formula is C9H10FN3. The van der Waals surface area contributed by atoms with Gasteiger partial charge in [-0.05, 0) is 6.42 Å². The van der Waals surface area contributed by atoms with Crippen LogP contribution < -0.4 is 5.73 Å². The molecule has 68 valence electrons. The van der Waals surface area contributed by atoms with Crippen LogP contribution in [0, 0.1) is 5.82 Å². The van der Waals surface area contributed by atoms with E-state index >= 15 is 0 Å². The number of nitrogens with two attached hydrogens (primary N) is 1. The van der Waals surface area contributed by atoms with E-state index in [4.69, 9.17) is 5.73 Å². The van der Waals surface area contributed by atoms with Gasteiger partial charge in [0.1, 0.15) is 0 Å². The zero-order valence-electron chi connectivity index (χ0n) is 7.29. The zero-order chi connectivity index (χ0) is 9.42. The number of anilines is 1. The van der Waals surface area contributed by atoms with Crippen LogP contribution >= 0.6 is 0 Å². The minimum absolute atomic E-state index is 0.339. The van der Waals surface area contributed by atoms with Gasteiger partial charge in [-0.25, -0.2) is 9.37 Å². The van der Waals surface area contributed by atoms with Gasteiger partial charge in [-0.15, -0.1) is 0 Å². The number of nitrogen functional groups attached to an aromatic ring is 1. The normalized spacial score (nSPS) is 10.9. The van der Waals surface area contributed by atoms with Crippen molar-refractivity contribution < 1.29 is 4.39 Å². The van der Waals surface area contributed by atoms with Crippen molar-refractivity contribution in [3.05, 3.63) is 30.0 Å². The molecule has 0 amide bonds. The number of aromatic nitrogens is 2. The highest BCUT2D eigenvalue weighted by atomic mass is 19.1. The lowest BCUT2D eigenvalue weighted by atomic mass is 10.4. The molecule has 0 atom stereocenters. The van der Waals surface area contributed by atoms with Crippen molar-refractivity contribution in [2.45, 2.75) is 13.3 Å². The summed E-state index contributed by atoms with van der Waals surface area (Å²) >= 11 is 0. The molecule has 2 aromatic heterocycles. The summed E-state index contributed by atoms with van der Waals surface area (Å²) in [5.74, 6) is -0.375. The van der Waals surface area contributed by atoms with E-state index in [2.05, 4.69) is 4.98 Å². The molecule has 0 aliphatic carbocycles. The van der Waals surface area contributed by atoms with Gasteiger partial charge in [-0.3, -0.25) is 0 Å². The topological polar surface area (TPSA) is 43.3 Å². The minimum atomic E-state index is -0.375. The van der Waals surface area contributed by atoms with E-state index in [0.717, 1.165) is 12.1 Å². The molecule has 0 saturated heterocycles. The number of hydrogen-bond donors (Lipinski definition) is 1. The molecule has 2 aromatic rings. The number of halogens is 1. The third kappa shape index (κ3) is 1.24. The van der Waals surface area contributed by atoms with E-state index in [-0.39, 0.29) is 5.82 Å². The maximum Gasteiger partial charge on any atom is 0.173 e. The number of aryl methyl sites for hydroxylation is 1. The Kier molecular flexibility index (Phi) is 1.69. The molecule has 0 fully saturated rings. The summed E-state index contributed by atoms with van der Waals surface area (Å²) in [5.41, 5.74) is 7.10. The second-order valence-electron chi connectivity index (χ2n) is 2.94. The maximum atomic E-state index is 13.2. The van der Waals surface area contributed by atoms with Gasteiger partial charge in [0, 0.05) is 18.5 Å². The molecule has 4 heteroatoms. The lowest BCUT2D eigenvalue weighted by Gasteiger charge is -1.96. The van der Waals surface area contributed by atoms with Crippen LogP contribution in [0.2, 0.25) is 0 Å². The van der Waals surface area contributed by atoms with Crippen molar-refractivity contribution in [2.75, 3.05) is 5.73 Å². The van der Waals surface area contributed by atoms with Crippen molar-refractivity contribution in [1.82, 2.24) is 9.38 Å². The van der Waals surface area contributed by atoms with Crippen LogP contribution in [0.1, 0.15) is 12.6 Å². The van der Waals surface area contributed by atoms with Crippen LogP contribution in [-0.2, 0) is 6.42 Å². The van der Waals surface area contributed by atoms with E-state index in [0.29, 0.717) is 11.3 Å². The van der Waals surface area contributed by atoms with E-state index in [1.165, 1.54) is 6.07 Å². The summed E-state index contributed by atoms with van der Waals surface area (Å²) in [6, 6.07) is 1.28. The van der Waals surface area contributed by atoms with Gasteiger partial charge >= 0.3 is 0 Å². The molecule has 13 heavy (non-hydrogen) atoms. The zero-order valence-corrected chi connectivity index (χ0v) is 7.29. The molecule has 0 aliphatic heterocycles. The van der Waals surface area contributed by atoms with Gasteiger partial charge in [0.2, 0.25) is 0 Å². The molecule has 0 radical (unpaired) electrons. The minimum Gasteiger partial charge on any atom is -0.397 e. The van der Waals surface area contributed by atoms with Crippen LogP contribution in [-0.4, -0.2) is 9.38 Å². The van der Waals surface area contributed by atoms with Crippen LogP contribution in [0.3, 0.4) is 0 Å². The Morgan fingerprint density at radius 2 is 2.31 bits per heavy atom. The molecule has 0 aliphatic rings. The van der Waals surface area contributed by atoms with E-state index in [9.17, 15) is 4.39 Å². The number of pyridine rings is 1. The maximum absolute atomic E-state index is 13.2. The van der Waals surface area contributed by atoms with Gasteiger partial charge in [0.15, 0.2) is 11.5 Å². The number of fused-ring (bicyclic) bond motifs is 1. The highest BCUT2D eigenvalue weighted by molar-refractivity contribution is 5.49. The standard InChI is InChI=1S/C9H10FN3/c1-2-7-5-13-4-6(11)3-8(10)9(13)12-7/h3-5H,2,11H2,1H3. The highest BCUT2D eigenvalue weighted by Crippen LogP contribution is 2.13. The van der Waals surface area contributed by atoms with Crippen LogP contribution in [0.15, 0.2) is 18.5 Å². The fourth-order valence-electron chi connectivity index (χ4n) is 1.30. The first-order chi connectivity index (χ1) is 6.20. The number of rotatable bonds is 1. The van der Waals surface area contributed by atoms with Crippen molar-refractivity contribution in [1.29, 1.82) is 0 Å². The van der Waals surface area contributed by atoms with Crippen molar-refractivity contribution in [3.63, 3.8) is 0 Å². The van der Waals surface area contributed by atoms with E-state index in [1.807, 2.05) is 6.92 Å². The first kappa shape index (κ1) is 8.04. The molecule has 2 N–H and O–H groups in total. The number of nitrogens with zero attached hydrogens (tertiary/aromatic N) is 2. The van der Waals surface area contributed by atoms with Crippen molar-refractivity contribution in [3.8, 4) is 0 Å². The van der Waals surface area contributed by atoms with Gasteiger partial charge in [-0.1, -0.05) is 6.92 Å². The first-order valence-electron chi connectivity index (χ1n) is 4.13. The Bertz CT molecular complexity index is 447. The van der Waals surface area contributed by atoms with E-state index < -0.39 is 0 Å². The summed E-state index contributed by atoms with van der Waals surface area (Å²) < 4.78 is 14.8. The Hall–Kier alpha value is -1.58. The first-order valence-corrected chi connectivity index (χ1v) is 4.13. The van der Waals surface area contributed by atoms with Crippen LogP contribution in [0.25, 0.3) is 5.65 Å². The second-order valence-corrected chi connectivity index (χ2v) is 2.94. The van der Waals surface area contributed by atoms with Crippen LogP contribution in [0.5, 0.6) is 0 Å². The molecule has 0 aromatic carbocycles. The fourth-order valence-corrected chi connectivity index (χ4v) is 1.30. The molecule has 0 spiro atoms. The summed E-state index contributed by atoms with van der Waals surface area (Å²) in [6.45, 7) is 1.98. The van der Waals surface area contributed by atoms with Crippen molar-refractivity contribution >= 4 is 11.3 Å². The number of imidazole rings is 1. The molecule has 0 saturated carbocycles. The Morgan fingerprint density at radius 3 is 3.00 bits per heavy atom. The Labute approximate surface area is 75.0 Å². The molecule has 3 nitrogen and oxygen atoms in total. The SMILES string of the molecule is CCc1cn2cc(N)cc(F)c2n1. The Morgan fingerprint density at radius 1 is 1.54 bits per heavy atom. The molecule has 2 heterocycles. The second kappa shape index (κ2) is 2.73. The number of hydrogen-bond acceptors (Lipinski definition) is 2. The molecule has 2 rings (SSSR count). The average molecular weight is 179 g/mol. The summed E-state index contributed by atoms with van der Waals surface area (Å²) in [4.78, 5) is 4.10. The Balaban J connectivity index is 2.75. The molecule has 0 unspecified atom stereocenters. The fraction of sp³-hybridized carbons (Fsp3) is 0.222. The van der Waals surface area contributed by atoms with Gasteiger partial charge in [-0.2, -0.15) is 0 Å². The monoisotopic (exact) mass is 179 g/mol. The lowest BCUT2D eigenvalue weighted by molar-refractivity contribution is 0.630. The van der Waals surface area contributed by atoms with Gasteiger partial charge < -0.3 is 10.1 Å². The summed E-state index contributed by atoms with van der Waals surface area (Å²) in [5, 5.41) is 0. The third-order valence-electron chi connectivity index (χ3n) is 1.94.